The lowest BCUT2D eigenvalue weighted by Crippen LogP contribution is -2.54. The first-order valence-electron chi connectivity index (χ1n) is 7.51. The van der Waals surface area contributed by atoms with Crippen LogP contribution in [0.1, 0.15) is 24.8 Å². The van der Waals surface area contributed by atoms with Gasteiger partial charge in [-0.1, -0.05) is 6.42 Å². The summed E-state index contributed by atoms with van der Waals surface area (Å²) in [5.41, 5.74) is 1.77. The van der Waals surface area contributed by atoms with Gasteiger partial charge in [0.05, 0.1) is 10.8 Å². The normalized spacial score (nSPS) is 22.9. The van der Waals surface area contributed by atoms with E-state index in [2.05, 4.69) is 9.80 Å². The van der Waals surface area contributed by atoms with Crippen LogP contribution in [0.3, 0.4) is 0 Å². The number of hydrogen-bond acceptors (Lipinski definition) is 4. The fourth-order valence-corrected chi connectivity index (χ4v) is 3.66. The van der Waals surface area contributed by atoms with Crippen LogP contribution >= 0.6 is 11.6 Å². The number of nitro benzene ring substituents is 1. The molecule has 2 saturated heterocycles. The minimum absolute atomic E-state index is 0.116. The van der Waals surface area contributed by atoms with Gasteiger partial charge in [0.15, 0.2) is 0 Å². The summed E-state index contributed by atoms with van der Waals surface area (Å²) in [5, 5.41) is 11.0. The highest BCUT2D eigenvalue weighted by atomic mass is 35.5. The zero-order chi connectivity index (χ0) is 14.8. The standard InChI is InChI=1S/C15H20ClN3O2/c16-10-12-9-13(4-5-15(12)19(20)21)18-8-7-17-6-2-1-3-14(17)11-18/h4-5,9,14H,1-3,6-8,10-11H2. The van der Waals surface area contributed by atoms with Crippen molar-refractivity contribution in [1.82, 2.24) is 4.90 Å². The Balaban J connectivity index is 1.79. The number of benzene rings is 1. The molecule has 3 rings (SSSR count). The van der Waals surface area contributed by atoms with Gasteiger partial charge in [-0.05, 0) is 31.5 Å². The fourth-order valence-electron chi connectivity index (χ4n) is 3.44. The highest BCUT2D eigenvalue weighted by Gasteiger charge is 2.29. The van der Waals surface area contributed by atoms with Gasteiger partial charge in [0.2, 0.25) is 0 Å². The molecule has 0 aliphatic carbocycles. The molecule has 0 N–H and O–H groups in total. The second kappa shape index (κ2) is 6.20. The van der Waals surface area contributed by atoms with Gasteiger partial charge in [-0.3, -0.25) is 15.0 Å². The van der Waals surface area contributed by atoms with Crippen LogP contribution in [0.5, 0.6) is 0 Å². The molecule has 21 heavy (non-hydrogen) atoms. The highest BCUT2D eigenvalue weighted by molar-refractivity contribution is 6.17. The maximum Gasteiger partial charge on any atom is 0.273 e. The van der Waals surface area contributed by atoms with Gasteiger partial charge in [0.25, 0.3) is 5.69 Å². The molecule has 0 amide bonds. The van der Waals surface area contributed by atoms with E-state index in [1.165, 1.54) is 25.8 Å². The second-order valence-corrected chi connectivity index (χ2v) is 6.10. The average Bonchev–Trinajstić information content (AvgIpc) is 2.53. The van der Waals surface area contributed by atoms with Crippen molar-refractivity contribution in [3.05, 3.63) is 33.9 Å². The van der Waals surface area contributed by atoms with Crippen molar-refractivity contribution in [3.8, 4) is 0 Å². The lowest BCUT2D eigenvalue weighted by Gasteiger charge is -2.45. The van der Waals surface area contributed by atoms with Crippen LogP contribution in [0.2, 0.25) is 0 Å². The Morgan fingerprint density at radius 1 is 1.29 bits per heavy atom. The zero-order valence-corrected chi connectivity index (χ0v) is 12.8. The van der Waals surface area contributed by atoms with Crippen LogP contribution < -0.4 is 4.90 Å². The largest absolute Gasteiger partial charge is 0.369 e. The minimum atomic E-state index is -0.361. The Bertz CT molecular complexity index is 538. The molecule has 2 heterocycles. The molecule has 114 valence electrons. The number of piperazine rings is 1. The first-order valence-corrected chi connectivity index (χ1v) is 8.05. The molecule has 1 unspecified atom stereocenters. The van der Waals surface area contributed by atoms with Gasteiger partial charge in [0.1, 0.15) is 0 Å². The van der Waals surface area contributed by atoms with Crippen LogP contribution in [0.25, 0.3) is 0 Å². The summed E-state index contributed by atoms with van der Waals surface area (Å²) in [6.45, 7) is 4.29. The van der Waals surface area contributed by atoms with Gasteiger partial charge < -0.3 is 4.90 Å². The Kier molecular flexibility index (Phi) is 4.31. The third-order valence-electron chi connectivity index (χ3n) is 4.61. The molecular formula is C15H20ClN3O2. The van der Waals surface area contributed by atoms with E-state index in [9.17, 15) is 10.1 Å². The quantitative estimate of drug-likeness (QED) is 0.489. The molecule has 2 aliphatic rings. The summed E-state index contributed by atoms with van der Waals surface area (Å²) in [7, 11) is 0. The van der Waals surface area contributed by atoms with Crippen LogP contribution in [-0.4, -0.2) is 42.0 Å². The number of rotatable bonds is 3. The molecule has 0 radical (unpaired) electrons. The monoisotopic (exact) mass is 309 g/mol. The first-order chi connectivity index (χ1) is 10.2. The van der Waals surface area contributed by atoms with Crippen molar-refractivity contribution in [2.45, 2.75) is 31.2 Å². The summed E-state index contributed by atoms with van der Waals surface area (Å²) in [6, 6.07) is 5.94. The molecule has 1 aromatic rings. The third kappa shape index (κ3) is 2.99. The lowest BCUT2D eigenvalue weighted by atomic mass is 9.99. The molecule has 0 saturated carbocycles. The minimum Gasteiger partial charge on any atom is -0.369 e. The smallest absolute Gasteiger partial charge is 0.273 e. The molecular weight excluding hydrogens is 290 g/mol. The zero-order valence-electron chi connectivity index (χ0n) is 12.0. The average molecular weight is 310 g/mol. The van der Waals surface area contributed by atoms with E-state index >= 15 is 0 Å². The molecule has 1 aromatic carbocycles. The van der Waals surface area contributed by atoms with Gasteiger partial charge >= 0.3 is 0 Å². The molecule has 2 fully saturated rings. The van der Waals surface area contributed by atoms with Crippen LogP contribution in [0.15, 0.2) is 18.2 Å². The van der Waals surface area contributed by atoms with E-state index in [-0.39, 0.29) is 16.5 Å². The number of anilines is 1. The van der Waals surface area contributed by atoms with Gasteiger partial charge in [-0.25, -0.2) is 0 Å². The lowest BCUT2D eigenvalue weighted by molar-refractivity contribution is -0.385. The number of nitrogens with zero attached hydrogens (tertiary/aromatic N) is 3. The molecule has 1 atom stereocenters. The fraction of sp³-hybridized carbons (Fsp3) is 0.600. The molecule has 2 aliphatic heterocycles. The maximum atomic E-state index is 11.0. The van der Waals surface area contributed by atoms with Gasteiger partial charge in [0, 0.05) is 43.0 Å². The van der Waals surface area contributed by atoms with Crippen molar-refractivity contribution in [2.75, 3.05) is 31.1 Å². The SMILES string of the molecule is O=[N+]([O-])c1ccc(N2CCN3CCCCC3C2)cc1CCl. The van der Waals surface area contributed by atoms with E-state index in [1.54, 1.807) is 6.07 Å². The molecule has 5 nitrogen and oxygen atoms in total. The number of alkyl halides is 1. The van der Waals surface area contributed by atoms with Crippen LogP contribution in [-0.2, 0) is 5.88 Å². The van der Waals surface area contributed by atoms with Crippen molar-refractivity contribution in [2.24, 2.45) is 0 Å². The highest BCUT2D eigenvalue weighted by Crippen LogP contribution is 2.29. The Morgan fingerprint density at radius 2 is 2.14 bits per heavy atom. The summed E-state index contributed by atoms with van der Waals surface area (Å²) >= 11 is 5.87. The third-order valence-corrected chi connectivity index (χ3v) is 4.89. The number of fused-ring (bicyclic) bond motifs is 1. The number of halogens is 1. The molecule has 6 heteroatoms. The van der Waals surface area contributed by atoms with Crippen molar-refractivity contribution >= 4 is 23.0 Å². The molecule has 0 bridgehead atoms. The Morgan fingerprint density at radius 3 is 2.90 bits per heavy atom. The molecule has 0 spiro atoms. The summed E-state index contributed by atoms with van der Waals surface area (Å²) in [4.78, 5) is 15.5. The van der Waals surface area contributed by atoms with Crippen molar-refractivity contribution in [1.29, 1.82) is 0 Å². The second-order valence-electron chi connectivity index (χ2n) is 5.84. The van der Waals surface area contributed by atoms with E-state index in [1.807, 2.05) is 12.1 Å². The van der Waals surface area contributed by atoms with E-state index < -0.39 is 0 Å². The Hall–Kier alpha value is -1.33. The molecule has 0 aromatic heterocycles. The number of piperidine rings is 1. The number of nitro groups is 1. The topological polar surface area (TPSA) is 49.6 Å². The Labute approximate surface area is 129 Å². The van der Waals surface area contributed by atoms with Crippen molar-refractivity contribution in [3.63, 3.8) is 0 Å². The summed E-state index contributed by atoms with van der Waals surface area (Å²) in [5.74, 6) is 0.174. The maximum absolute atomic E-state index is 11.0. The van der Waals surface area contributed by atoms with Gasteiger partial charge in [-0.2, -0.15) is 0 Å². The number of hydrogen-bond donors (Lipinski definition) is 0. The van der Waals surface area contributed by atoms with E-state index in [4.69, 9.17) is 11.6 Å². The van der Waals surface area contributed by atoms with Gasteiger partial charge in [-0.15, -0.1) is 11.6 Å². The predicted molar refractivity (Wildman–Crippen MR) is 84.1 cm³/mol. The van der Waals surface area contributed by atoms with Crippen LogP contribution in [0, 0.1) is 10.1 Å². The first kappa shape index (κ1) is 14.6. The predicted octanol–water partition coefficient (Wildman–Crippen LogP) is 3.01. The van der Waals surface area contributed by atoms with E-state index in [0.717, 1.165) is 25.3 Å². The summed E-state index contributed by atoms with van der Waals surface area (Å²) < 4.78 is 0. The van der Waals surface area contributed by atoms with Crippen LogP contribution in [0.4, 0.5) is 11.4 Å². The van der Waals surface area contributed by atoms with Crippen molar-refractivity contribution < 1.29 is 4.92 Å². The van der Waals surface area contributed by atoms with E-state index in [0.29, 0.717) is 11.6 Å². The summed E-state index contributed by atoms with van der Waals surface area (Å²) in [6.07, 6.45) is 3.87.